The minimum atomic E-state index is -3.46. The third-order valence-corrected chi connectivity index (χ3v) is 15.2. The molecule has 0 N–H and O–H groups in total. The van der Waals surface area contributed by atoms with Gasteiger partial charge in [0, 0.05) is 12.8 Å². The van der Waals surface area contributed by atoms with Crippen molar-refractivity contribution in [3.8, 4) is 0 Å². The van der Waals surface area contributed by atoms with E-state index in [0.29, 0.717) is 12.8 Å². The number of sulfone groups is 1. The standard InChI is InChI=1S/C57H112O6S/c1-4-7-10-13-16-19-22-25-28-31-34-37-40-43-46-49-52-64(60,61)54-55(63-57(59)51-48-45-42-39-36-33-30-27-24-21-18-15-12-9-6-3)53-62-56(58)50-47-44-41-38-35-32-29-26-23-20-17-14-11-8-5-2/h55H,4-54H2,1-3H3/t55-/m1/s1. The molecule has 0 aromatic carbocycles. The number of rotatable bonds is 54. The molecule has 0 radical (unpaired) electrons. The van der Waals surface area contributed by atoms with Crippen LogP contribution in [0.15, 0.2) is 0 Å². The molecule has 7 heteroatoms. The average Bonchev–Trinajstić information content (AvgIpc) is 3.27. The fourth-order valence-corrected chi connectivity index (χ4v) is 10.7. The number of carbonyl (C=O) groups is 2. The maximum Gasteiger partial charge on any atom is 0.306 e. The molecule has 0 aromatic rings. The molecule has 0 aromatic heterocycles. The first kappa shape index (κ1) is 62.9. The zero-order chi connectivity index (χ0) is 46.7. The molecule has 0 bridgehead atoms. The van der Waals surface area contributed by atoms with Crippen LogP contribution < -0.4 is 0 Å². The largest absolute Gasteiger partial charge is 0.462 e. The summed E-state index contributed by atoms with van der Waals surface area (Å²) < 4.78 is 37.7. The van der Waals surface area contributed by atoms with Crippen LogP contribution in [0.1, 0.15) is 329 Å². The molecule has 382 valence electrons. The molecule has 0 heterocycles. The molecule has 0 aliphatic heterocycles. The molecule has 0 aliphatic carbocycles. The van der Waals surface area contributed by atoms with Crippen molar-refractivity contribution in [3.05, 3.63) is 0 Å². The summed E-state index contributed by atoms with van der Waals surface area (Å²) in [6, 6.07) is 0. The summed E-state index contributed by atoms with van der Waals surface area (Å²) in [7, 11) is -3.46. The summed E-state index contributed by atoms with van der Waals surface area (Å²) in [6.07, 6.45) is 57.5. The van der Waals surface area contributed by atoms with Gasteiger partial charge in [-0.15, -0.1) is 0 Å². The molecular formula is C57H112O6S. The first-order valence-corrected chi connectivity index (χ1v) is 30.7. The average molecular weight is 926 g/mol. The van der Waals surface area contributed by atoms with Crippen molar-refractivity contribution in [1.82, 2.24) is 0 Å². The van der Waals surface area contributed by atoms with Gasteiger partial charge in [0.2, 0.25) is 0 Å². The third-order valence-electron chi connectivity index (χ3n) is 13.4. The second-order valence-corrected chi connectivity index (χ2v) is 22.3. The number of hydrogen-bond donors (Lipinski definition) is 0. The third kappa shape index (κ3) is 50.3. The number of carbonyl (C=O) groups excluding carboxylic acids is 2. The molecule has 0 saturated heterocycles. The monoisotopic (exact) mass is 925 g/mol. The van der Waals surface area contributed by atoms with Crippen LogP contribution in [0.4, 0.5) is 0 Å². The van der Waals surface area contributed by atoms with E-state index in [0.717, 1.165) is 57.8 Å². The van der Waals surface area contributed by atoms with E-state index in [4.69, 9.17) is 9.47 Å². The molecule has 0 rings (SSSR count). The lowest BCUT2D eigenvalue weighted by Gasteiger charge is -2.18. The normalized spacial score (nSPS) is 12.2. The van der Waals surface area contributed by atoms with E-state index >= 15 is 0 Å². The lowest BCUT2D eigenvalue weighted by atomic mass is 10.0. The second kappa shape index (κ2) is 51.3. The predicted molar refractivity (Wildman–Crippen MR) is 278 cm³/mol. The SMILES string of the molecule is CCCCCCCCCCCCCCCCCCS(=O)(=O)C[C@@H](COC(=O)CCCCCCCCCCCCCCCCC)OC(=O)CCCCCCCCCCCCCCCCC. The number of unbranched alkanes of at least 4 members (excludes halogenated alkanes) is 43. The molecule has 64 heavy (non-hydrogen) atoms. The van der Waals surface area contributed by atoms with Crippen LogP contribution in [0.25, 0.3) is 0 Å². The van der Waals surface area contributed by atoms with Gasteiger partial charge in [0.05, 0.1) is 11.5 Å². The first-order chi connectivity index (χ1) is 31.3. The van der Waals surface area contributed by atoms with Gasteiger partial charge in [-0.1, -0.05) is 297 Å². The molecular weight excluding hydrogens is 813 g/mol. The van der Waals surface area contributed by atoms with Crippen LogP contribution in [0.2, 0.25) is 0 Å². The van der Waals surface area contributed by atoms with Gasteiger partial charge in [-0.25, -0.2) is 8.42 Å². The van der Waals surface area contributed by atoms with Gasteiger partial charge in [0.1, 0.15) is 12.7 Å². The van der Waals surface area contributed by atoms with E-state index in [9.17, 15) is 18.0 Å². The summed E-state index contributed by atoms with van der Waals surface area (Å²) in [5.74, 6) is -0.891. The van der Waals surface area contributed by atoms with Gasteiger partial charge < -0.3 is 9.47 Å². The maximum absolute atomic E-state index is 13.2. The van der Waals surface area contributed by atoms with Gasteiger partial charge >= 0.3 is 11.9 Å². The molecule has 0 amide bonds. The summed E-state index contributed by atoms with van der Waals surface area (Å²) in [6.45, 7) is 6.64. The first-order valence-electron chi connectivity index (χ1n) is 28.9. The highest BCUT2D eigenvalue weighted by atomic mass is 32.2. The number of esters is 2. The van der Waals surface area contributed by atoms with Crippen molar-refractivity contribution in [2.45, 2.75) is 335 Å². The van der Waals surface area contributed by atoms with E-state index in [2.05, 4.69) is 20.8 Å². The van der Waals surface area contributed by atoms with E-state index in [1.54, 1.807) is 0 Å². The minimum absolute atomic E-state index is 0.0889. The Morgan fingerprint density at radius 1 is 0.328 bits per heavy atom. The fourth-order valence-electron chi connectivity index (χ4n) is 9.14. The molecule has 1 atom stereocenters. The van der Waals surface area contributed by atoms with Crippen LogP contribution in [-0.2, 0) is 28.9 Å². The zero-order valence-corrected chi connectivity index (χ0v) is 44.3. The van der Waals surface area contributed by atoms with Gasteiger partial charge in [-0.05, 0) is 19.3 Å². The van der Waals surface area contributed by atoms with Crippen molar-refractivity contribution in [3.63, 3.8) is 0 Å². The minimum Gasteiger partial charge on any atom is -0.462 e. The van der Waals surface area contributed by atoms with Gasteiger partial charge in [0.15, 0.2) is 9.84 Å². The van der Waals surface area contributed by atoms with E-state index in [1.807, 2.05) is 0 Å². The quantitative estimate of drug-likeness (QED) is 0.0446. The van der Waals surface area contributed by atoms with Crippen LogP contribution >= 0.6 is 0 Å². The Morgan fingerprint density at radius 2 is 0.562 bits per heavy atom. The predicted octanol–water partition coefficient (Wildman–Crippen LogP) is 18.6. The number of ether oxygens (including phenoxy) is 2. The molecule has 0 unspecified atom stereocenters. The fraction of sp³-hybridized carbons (Fsp3) is 0.965. The summed E-state index contributed by atoms with van der Waals surface area (Å²) in [5.41, 5.74) is 0. The highest BCUT2D eigenvalue weighted by molar-refractivity contribution is 7.91. The molecule has 6 nitrogen and oxygen atoms in total. The van der Waals surface area contributed by atoms with Crippen molar-refractivity contribution in [1.29, 1.82) is 0 Å². The lowest BCUT2D eigenvalue weighted by molar-refractivity contribution is -0.157. The van der Waals surface area contributed by atoms with Crippen LogP contribution in [0.5, 0.6) is 0 Å². The Labute approximate surface area is 400 Å². The Balaban J connectivity index is 4.42. The Kier molecular flexibility index (Phi) is 50.4. The smallest absolute Gasteiger partial charge is 0.306 e. The lowest BCUT2D eigenvalue weighted by Crippen LogP contribution is -2.33. The van der Waals surface area contributed by atoms with Gasteiger partial charge in [-0.3, -0.25) is 9.59 Å². The summed E-state index contributed by atoms with van der Waals surface area (Å²) in [4.78, 5) is 25.6. The zero-order valence-electron chi connectivity index (χ0n) is 43.5. The van der Waals surface area contributed by atoms with Crippen LogP contribution in [-0.4, -0.2) is 44.6 Å². The highest BCUT2D eigenvalue weighted by Gasteiger charge is 2.24. The van der Waals surface area contributed by atoms with Gasteiger partial charge in [0.25, 0.3) is 0 Å². The summed E-state index contributed by atoms with van der Waals surface area (Å²) in [5, 5.41) is 0. The molecule has 0 fully saturated rings. The van der Waals surface area contributed by atoms with E-state index in [1.165, 1.54) is 231 Å². The second-order valence-electron chi connectivity index (χ2n) is 20.1. The van der Waals surface area contributed by atoms with Crippen molar-refractivity contribution >= 4 is 21.8 Å². The van der Waals surface area contributed by atoms with Crippen LogP contribution in [0, 0.1) is 0 Å². The van der Waals surface area contributed by atoms with E-state index < -0.39 is 15.9 Å². The van der Waals surface area contributed by atoms with E-state index in [-0.39, 0.29) is 36.5 Å². The van der Waals surface area contributed by atoms with Crippen molar-refractivity contribution < 1.29 is 27.5 Å². The van der Waals surface area contributed by atoms with Crippen LogP contribution in [0.3, 0.4) is 0 Å². The summed E-state index contributed by atoms with van der Waals surface area (Å²) >= 11 is 0. The molecule has 0 saturated carbocycles. The van der Waals surface area contributed by atoms with Gasteiger partial charge in [-0.2, -0.15) is 0 Å². The topological polar surface area (TPSA) is 86.7 Å². The molecule has 0 aliphatic rings. The maximum atomic E-state index is 13.2. The Hall–Kier alpha value is -1.11. The van der Waals surface area contributed by atoms with Crippen molar-refractivity contribution in [2.75, 3.05) is 18.1 Å². The number of hydrogen-bond acceptors (Lipinski definition) is 6. The Morgan fingerprint density at radius 3 is 0.844 bits per heavy atom. The molecule has 0 spiro atoms. The highest BCUT2D eigenvalue weighted by Crippen LogP contribution is 2.18. The van der Waals surface area contributed by atoms with Crippen molar-refractivity contribution in [2.24, 2.45) is 0 Å². The Bertz CT molecular complexity index is 1060.